The number of carboxylic acid groups (broad SMARTS) is 1. The van der Waals surface area contributed by atoms with Gasteiger partial charge in [0, 0.05) is 15.7 Å². The first-order chi connectivity index (χ1) is 12.3. The summed E-state index contributed by atoms with van der Waals surface area (Å²) in [7, 11) is 0. The highest BCUT2D eigenvalue weighted by atomic mass is 32.2. The van der Waals surface area contributed by atoms with Crippen LogP contribution in [0.4, 0.5) is 18.9 Å². The highest BCUT2D eigenvalue weighted by molar-refractivity contribution is 8.00. The number of aromatic carboxylic acids is 1. The van der Waals surface area contributed by atoms with E-state index in [4.69, 9.17) is 0 Å². The Morgan fingerprint density at radius 2 is 1.62 bits per heavy atom. The maximum Gasteiger partial charge on any atom is 0.418 e. The van der Waals surface area contributed by atoms with Crippen LogP contribution in [0.25, 0.3) is 10.8 Å². The van der Waals surface area contributed by atoms with Gasteiger partial charge in [-0.3, -0.25) is 0 Å². The average Bonchev–Trinajstić information content (AvgIpc) is 2.60. The molecular weight excluding hydrogens is 367 g/mol. The lowest BCUT2D eigenvalue weighted by molar-refractivity contribution is -0.136. The fraction of sp³-hybridized carbons (Fsp3) is 0.0556. The van der Waals surface area contributed by atoms with Gasteiger partial charge in [-0.15, -0.1) is 0 Å². The molecule has 3 aromatic rings. The third-order valence-corrected chi connectivity index (χ3v) is 4.59. The van der Waals surface area contributed by atoms with Crippen molar-refractivity contribution in [1.29, 1.82) is 0 Å². The number of halogens is 3. The molecule has 0 bridgehead atoms. The zero-order valence-corrected chi connectivity index (χ0v) is 13.9. The van der Waals surface area contributed by atoms with Crippen LogP contribution in [0.5, 0.6) is 5.75 Å². The molecule has 0 heterocycles. The predicted octanol–water partition coefficient (Wildman–Crippen LogP) is 5.38. The maximum atomic E-state index is 13.1. The van der Waals surface area contributed by atoms with Crippen LogP contribution in [0, 0.1) is 0 Å². The molecule has 0 aromatic heterocycles. The predicted molar refractivity (Wildman–Crippen MR) is 93.5 cm³/mol. The maximum absolute atomic E-state index is 13.1. The Labute approximate surface area is 150 Å². The highest BCUT2D eigenvalue weighted by Gasteiger charge is 2.33. The number of benzene rings is 3. The van der Waals surface area contributed by atoms with E-state index in [0.29, 0.717) is 15.7 Å². The van der Waals surface area contributed by atoms with Crippen molar-refractivity contribution in [2.75, 3.05) is 4.72 Å². The molecule has 0 unspecified atom stereocenters. The number of aromatic hydroxyl groups is 1. The zero-order valence-electron chi connectivity index (χ0n) is 13.0. The van der Waals surface area contributed by atoms with Crippen LogP contribution >= 0.6 is 11.9 Å². The summed E-state index contributed by atoms with van der Waals surface area (Å²) in [6.07, 6.45) is -4.52. The van der Waals surface area contributed by atoms with Crippen LogP contribution in [0.15, 0.2) is 59.5 Å². The lowest BCUT2D eigenvalue weighted by Gasteiger charge is -2.15. The lowest BCUT2D eigenvalue weighted by atomic mass is 10.1. The van der Waals surface area contributed by atoms with Crippen molar-refractivity contribution in [2.24, 2.45) is 0 Å². The molecule has 3 aromatic carbocycles. The van der Waals surface area contributed by atoms with Crippen molar-refractivity contribution in [3.8, 4) is 5.75 Å². The first-order valence-electron chi connectivity index (χ1n) is 7.36. The smallest absolute Gasteiger partial charge is 0.418 e. The molecule has 0 atom stereocenters. The molecule has 3 rings (SSSR count). The molecule has 0 amide bonds. The van der Waals surface area contributed by atoms with Gasteiger partial charge >= 0.3 is 12.1 Å². The second-order valence-electron chi connectivity index (χ2n) is 5.37. The first-order valence-corrected chi connectivity index (χ1v) is 8.18. The molecule has 26 heavy (non-hydrogen) atoms. The summed E-state index contributed by atoms with van der Waals surface area (Å²) in [5.41, 5.74) is -1.29. The number of rotatable bonds is 4. The Hall–Kier alpha value is -2.87. The quantitative estimate of drug-likeness (QED) is 0.531. The Bertz CT molecular complexity index is 989. The normalized spacial score (nSPS) is 11.5. The summed E-state index contributed by atoms with van der Waals surface area (Å²) in [4.78, 5) is 11.7. The van der Waals surface area contributed by atoms with Crippen molar-refractivity contribution in [2.45, 2.75) is 11.1 Å². The molecule has 8 heteroatoms. The molecule has 0 aliphatic rings. The summed E-state index contributed by atoms with van der Waals surface area (Å²) in [5.74, 6) is -1.71. The number of anilines is 1. The minimum absolute atomic E-state index is 0.140. The molecule has 0 aliphatic carbocycles. The standard InChI is InChI=1S/C18H12F3NO3S/c19-18(20,21)13-7-3-4-8-14(13)22-26-15-9-12(17(24)25)16(23)11-6-2-1-5-10(11)15/h1-9,22-23H,(H,24,25). The largest absolute Gasteiger partial charge is 0.506 e. The van der Waals surface area contributed by atoms with E-state index in [1.54, 1.807) is 24.3 Å². The number of phenols is 1. The summed E-state index contributed by atoms with van der Waals surface area (Å²) in [6, 6.07) is 12.8. The van der Waals surface area contributed by atoms with Gasteiger partial charge in [0.1, 0.15) is 11.3 Å². The number of fused-ring (bicyclic) bond motifs is 1. The minimum atomic E-state index is -4.52. The Balaban J connectivity index is 2.03. The summed E-state index contributed by atoms with van der Waals surface area (Å²) < 4.78 is 41.9. The molecule has 3 N–H and O–H groups in total. The van der Waals surface area contributed by atoms with Crippen molar-refractivity contribution in [3.63, 3.8) is 0 Å². The minimum Gasteiger partial charge on any atom is -0.506 e. The molecule has 0 saturated carbocycles. The van der Waals surface area contributed by atoms with Crippen molar-refractivity contribution in [3.05, 3.63) is 65.7 Å². The van der Waals surface area contributed by atoms with Gasteiger partial charge in [-0.05, 0) is 30.1 Å². The molecule has 4 nitrogen and oxygen atoms in total. The van der Waals surface area contributed by atoms with E-state index in [1.807, 2.05) is 0 Å². The number of hydrogen-bond acceptors (Lipinski definition) is 4. The van der Waals surface area contributed by atoms with Gasteiger partial charge in [0.25, 0.3) is 0 Å². The summed E-state index contributed by atoms with van der Waals surface area (Å²) in [5, 5.41) is 20.2. The number of carbonyl (C=O) groups is 1. The Morgan fingerprint density at radius 1 is 1.00 bits per heavy atom. The first kappa shape index (κ1) is 17.9. The van der Waals surface area contributed by atoms with Crippen LogP contribution in [-0.4, -0.2) is 16.2 Å². The van der Waals surface area contributed by atoms with Gasteiger partial charge in [-0.1, -0.05) is 36.4 Å². The van der Waals surface area contributed by atoms with Gasteiger partial charge in [0.2, 0.25) is 0 Å². The lowest BCUT2D eigenvalue weighted by Crippen LogP contribution is -2.08. The third-order valence-electron chi connectivity index (χ3n) is 3.71. The molecular formula is C18H12F3NO3S. The number of hydrogen-bond donors (Lipinski definition) is 3. The molecule has 0 fully saturated rings. The second-order valence-corrected chi connectivity index (χ2v) is 6.22. The van der Waals surface area contributed by atoms with E-state index < -0.39 is 17.7 Å². The van der Waals surface area contributed by atoms with Crippen LogP contribution in [0.1, 0.15) is 15.9 Å². The topological polar surface area (TPSA) is 69.6 Å². The Kier molecular flexibility index (Phi) is 4.69. The molecule has 0 spiro atoms. The van der Waals surface area contributed by atoms with E-state index in [9.17, 15) is 28.2 Å². The van der Waals surface area contributed by atoms with Crippen molar-refractivity contribution < 1.29 is 28.2 Å². The third kappa shape index (κ3) is 3.41. The molecule has 0 radical (unpaired) electrons. The fourth-order valence-corrected chi connectivity index (χ4v) is 3.37. The molecule has 134 valence electrons. The number of alkyl halides is 3. The highest BCUT2D eigenvalue weighted by Crippen LogP contribution is 2.39. The zero-order chi connectivity index (χ0) is 18.9. The fourth-order valence-electron chi connectivity index (χ4n) is 2.50. The average molecular weight is 379 g/mol. The number of carboxylic acids is 1. The van der Waals surface area contributed by atoms with E-state index >= 15 is 0 Å². The number of nitrogens with one attached hydrogen (secondary N) is 1. The van der Waals surface area contributed by atoms with E-state index in [1.165, 1.54) is 24.3 Å². The second kappa shape index (κ2) is 6.80. The van der Waals surface area contributed by atoms with Crippen LogP contribution in [0.3, 0.4) is 0 Å². The van der Waals surface area contributed by atoms with Crippen molar-refractivity contribution in [1.82, 2.24) is 0 Å². The van der Waals surface area contributed by atoms with E-state index in [2.05, 4.69) is 4.72 Å². The van der Waals surface area contributed by atoms with Crippen LogP contribution in [-0.2, 0) is 6.18 Å². The number of para-hydroxylation sites is 1. The SMILES string of the molecule is O=C(O)c1cc(SNc2ccccc2C(F)(F)F)c2ccccc2c1O. The van der Waals surface area contributed by atoms with Crippen LogP contribution < -0.4 is 4.72 Å². The molecule has 0 aliphatic heterocycles. The van der Waals surface area contributed by atoms with Gasteiger partial charge in [-0.25, -0.2) is 4.79 Å². The van der Waals surface area contributed by atoms with Crippen LogP contribution in [0.2, 0.25) is 0 Å². The summed E-state index contributed by atoms with van der Waals surface area (Å²) >= 11 is 0.849. The van der Waals surface area contributed by atoms with Gasteiger partial charge < -0.3 is 14.9 Å². The van der Waals surface area contributed by atoms with E-state index in [0.717, 1.165) is 18.0 Å². The summed E-state index contributed by atoms with van der Waals surface area (Å²) in [6.45, 7) is 0. The van der Waals surface area contributed by atoms with Gasteiger partial charge in [-0.2, -0.15) is 13.2 Å². The van der Waals surface area contributed by atoms with Gasteiger partial charge in [0.05, 0.1) is 11.3 Å². The Morgan fingerprint density at radius 3 is 2.27 bits per heavy atom. The molecule has 0 saturated heterocycles. The monoisotopic (exact) mass is 379 g/mol. The van der Waals surface area contributed by atoms with Gasteiger partial charge in [0.15, 0.2) is 0 Å². The van der Waals surface area contributed by atoms with Crippen molar-refractivity contribution >= 4 is 34.4 Å². The van der Waals surface area contributed by atoms with E-state index in [-0.39, 0.29) is 17.0 Å².